The normalized spacial score (nSPS) is 13.3. The van der Waals surface area contributed by atoms with Crippen LogP contribution in [-0.4, -0.2) is 12.1 Å². The number of ether oxygens (including phenoxy) is 1. The fourth-order valence-electron chi connectivity index (χ4n) is 3.14. The van der Waals surface area contributed by atoms with Gasteiger partial charge in [0.2, 0.25) is 0 Å². The first-order chi connectivity index (χ1) is 10.3. The van der Waals surface area contributed by atoms with E-state index in [1.807, 2.05) is 6.07 Å². The van der Waals surface area contributed by atoms with Crippen molar-refractivity contribution >= 4 is 17.0 Å². The van der Waals surface area contributed by atoms with Crippen LogP contribution in [0.4, 0.5) is 0 Å². The van der Waals surface area contributed by atoms with E-state index in [0.717, 1.165) is 18.6 Å². The van der Waals surface area contributed by atoms with E-state index in [-0.39, 0.29) is 0 Å². The molecule has 1 heterocycles. The van der Waals surface area contributed by atoms with E-state index in [0.29, 0.717) is 0 Å². The summed E-state index contributed by atoms with van der Waals surface area (Å²) in [5, 5.41) is 1.26. The van der Waals surface area contributed by atoms with Gasteiger partial charge in [0.1, 0.15) is 5.75 Å². The quantitative estimate of drug-likeness (QED) is 0.755. The molecule has 1 aliphatic carbocycles. The van der Waals surface area contributed by atoms with Crippen molar-refractivity contribution in [1.82, 2.24) is 4.98 Å². The molecule has 0 saturated carbocycles. The Balaban J connectivity index is 1.67. The van der Waals surface area contributed by atoms with Crippen molar-refractivity contribution in [2.45, 2.75) is 12.8 Å². The summed E-state index contributed by atoms with van der Waals surface area (Å²) in [5.41, 5.74) is 6.78. The first-order valence-corrected chi connectivity index (χ1v) is 7.25. The van der Waals surface area contributed by atoms with Gasteiger partial charge in [0.25, 0.3) is 0 Å². The van der Waals surface area contributed by atoms with Crippen LogP contribution in [0.1, 0.15) is 16.7 Å². The summed E-state index contributed by atoms with van der Waals surface area (Å²) in [6, 6.07) is 14.8. The van der Waals surface area contributed by atoms with E-state index in [9.17, 15) is 0 Å². The zero-order valence-corrected chi connectivity index (χ0v) is 12.0. The average Bonchev–Trinajstić information content (AvgIpc) is 3.10. The molecule has 0 aliphatic heterocycles. The number of H-pyrrole nitrogens is 1. The zero-order chi connectivity index (χ0) is 14.2. The van der Waals surface area contributed by atoms with Crippen LogP contribution in [0.15, 0.2) is 54.2 Å². The van der Waals surface area contributed by atoms with Crippen molar-refractivity contribution < 1.29 is 4.74 Å². The molecule has 0 saturated heterocycles. The molecule has 0 atom stereocenters. The fraction of sp³-hybridized carbons (Fsp3) is 0.158. The van der Waals surface area contributed by atoms with Gasteiger partial charge in [0.05, 0.1) is 7.11 Å². The van der Waals surface area contributed by atoms with Gasteiger partial charge < -0.3 is 9.72 Å². The lowest BCUT2D eigenvalue weighted by Crippen LogP contribution is -1.90. The Morgan fingerprint density at radius 1 is 1.14 bits per heavy atom. The highest BCUT2D eigenvalue weighted by Crippen LogP contribution is 2.30. The molecule has 1 aromatic heterocycles. The lowest BCUT2D eigenvalue weighted by atomic mass is 10.0. The summed E-state index contributed by atoms with van der Waals surface area (Å²) in [4.78, 5) is 3.35. The number of nitrogens with one attached hydrogen (secondary N) is 1. The van der Waals surface area contributed by atoms with Crippen molar-refractivity contribution in [2.75, 3.05) is 7.11 Å². The van der Waals surface area contributed by atoms with Crippen molar-refractivity contribution in [3.8, 4) is 5.75 Å². The molecule has 0 fully saturated rings. The van der Waals surface area contributed by atoms with Gasteiger partial charge in [-0.05, 0) is 47.7 Å². The van der Waals surface area contributed by atoms with Crippen molar-refractivity contribution in [3.63, 3.8) is 0 Å². The molecule has 0 bridgehead atoms. The van der Waals surface area contributed by atoms with Crippen molar-refractivity contribution in [1.29, 1.82) is 0 Å². The number of allylic oxidation sites excluding steroid dienone is 1. The highest BCUT2D eigenvalue weighted by molar-refractivity contribution is 5.85. The van der Waals surface area contributed by atoms with Crippen molar-refractivity contribution in [2.24, 2.45) is 0 Å². The monoisotopic (exact) mass is 275 g/mol. The molecule has 2 heteroatoms. The Morgan fingerprint density at radius 2 is 2.05 bits per heavy atom. The molecule has 0 spiro atoms. The second-order valence-corrected chi connectivity index (χ2v) is 5.58. The Labute approximate surface area is 124 Å². The average molecular weight is 275 g/mol. The fourth-order valence-corrected chi connectivity index (χ4v) is 3.14. The number of hydrogen-bond acceptors (Lipinski definition) is 1. The molecule has 0 unspecified atom stereocenters. The number of benzene rings is 2. The highest BCUT2D eigenvalue weighted by atomic mass is 16.5. The summed E-state index contributed by atoms with van der Waals surface area (Å²) in [7, 11) is 1.71. The molecule has 2 aromatic carbocycles. The van der Waals surface area contributed by atoms with Gasteiger partial charge in [-0.3, -0.25) is 0 Å². The molecule has 0 amide bonds. The second kappa shape index (κ2) is 4.81. The summed E-state index contributed by atoms with van der Waals surface area (Å²) in [5.74, 6) is 0.909. The van der Waals surface area contributed by atoms with E-state index in [1.54, 1.807) is 7.11 Å². The van der Waals surface area contributed by atoms with Crippen LogP contribution >= 0.6 is 0 Å². The highest BCUT2D eigenvalue weighted by Gasteiger charge is 2.14. The lowest BCUT2D eigenvalue weighted by Gasteiger charge is -2.03. The topological polar surface area (TPSA) is 25.0 Å². The maximum Gasteiger partial charge on any atom is 0.119 e. The predicted molar refractivity (Wildman–Crippen MR) is 86.7 cm³/mol. The Bertz CT molecular complexity index is 842. The molecular formula is C19H17NO. The molecule has 3 aromatic rings. The van der Waals surface area contributed by atoms with Crippen molar-refractivity contribution in [3.05, 3.63) is 70.9 Å². The lowest BCUT2D eigenvalue weighted by molar-refractivity contribution is 0.415. The molecule has 0 radical (unpaired) electrons. The minimum atomic E-state index is 0.909. The largest absolute Gasteiger partial charge is 0.497 e. The smallest absolute Gasteiger partial charge is 0.119 e. The molecule has 1 N–H and O–H groups in total. The maximum absolute atomic E-state index is 5.34. The predicted octanol–water partition coefficient (Wildman–Crippen LogP) is 4.36. The number of hydrogen-bond donors (Lipinski definition) is 1. The van der Waals surface area contributed by atoms with E-state index in [2.05, 4.69) is 53.7 Å². The third-order valence-corrected chi connectivity index (χ3v) is 4.22. The summed E-state index contributed by atoms with van der Waals surface area (Å²) >= 11 is 0. The Kier molecular flexibility index (Phi) is 2.81. The van der Waals surface area contributed by atoms with Gasteiger partial charge in [0.15, 0.2) is 0 Å². The minimum absolute atomic E-state index is 0.909. The number of aromatic nitrogens is 1. The summed E-state index contributed by atoms with van der Waals surface area (Å²) in [6.45, 7) is 0. The van der Waals surface area contributed by atoms with Crippen LogP contribution in [0.2, 0.25) is 0 Å². The van der Waals surface area contributed by atoms with E-state index in [4.69, 9.17) is 4.74 Å². The number of fused-ring (bicyclic) bond motifs is 2. The first kappa shape index (κ1) is 12.3. The van der Waals surface area contributed by atoms with Crippen LogP contribution in [0.3, 0.4) is 0 Å². The summed E-state index contributed by atoms with van der Waals surface area (Å²) < 4.78 is 5.34. The number of methoxy groups -OCH3 is 1. The van der Waals surface area contributed by atoms with Crippen LogP contribution in [0.5, 0.6) is 5.75 Å². The van der Waals surface area contributed by atoms with E-state index in [1.165, 1.54) is 33.2 Å². The van der Waals surface area contributed by atoms with Gasteiger partial charge in [-0.1, -0.05) is 35.9 Å². The second-order valence-electron chi connectivity index (χ2n) is 5.58. The van der Waals surface area contributed by atoms with Crippen LogP contribution in [0.25, 0.3) is 17.0 Å². The van der Waals surface area contributed by atoms with Crippen LogP contribution < -0.4 is 4.74 Å². The number of rotatable bonds is 3. The molecular weight excluding hydrogens is 258 g/mol. The van der Waals surface area contributed by atoms with E-state index < -0.39 is 0 Å². The third-order valence-electron chi connectivity index (χ3n) is 4.22. The zero-order valence-electron chi connectivity index (χ0n) is 12.0. The van der Waals surface area contributed by atoms with Gasteiger partial charge in [-0.25, -0.2) is 0 Å². The molecule has 21 heavy (non-hydrogen) atoms. The molecule has 4 rings (SSSR count). The minimum Gasteiger partial charge on any atom is -0.497 e. The van der Waals surface area contributed by atoms with Gasteiger partial charge in [-0.15, -0.1) is 0 Å². The Hall–Kier alpha value is -2.48. The first-order valence-electron chi connectivity index (χ1n) is 7.25. The van der Waals surface area contributed by atoms with Crippen LogP contribution in [0, 0.1) is 0 Å². The molecule has 104 valence electrons. The summed E-state index contributed by atoms with van der Waals surface area (Å²) in [6.07, 6.45) is 6.50. The maximum atomic E-state index is 5.34. The number of aromatic amines is 1. The van der Waals surface area contributed by atoms with Gasteiger partial charge >= 0.3 is 0 Å². The van der Waals surface area contributed by atoms with E-state index >= 15 is 0 Å². The standard InChI is InChI=1S/C19H17NO/c1-21-17-6-7-19-18(11-17)16(12-20-19)10-13-8-14-4-2-3-5-15(14)9-13/h2-8,11-12,20H,9-10H2,1H3. The third kappa shape index (κ3) is 2.13. The van der Waals surface area contributed by atoms with Gasteiger partial charge in [-0.2, -0.15) is 0 Å². The molecule has 1 aliphatic rings. The van der Waals surface area contributed by atoms with Gasteiger partial charge in [0, 0.05) is 17.1 Å². The SMILES string of the molecule is COc1ccc2[nH]cc(CC3=Cc4ccccc4C3)c2c1. The Morgan fingerprint density at radius 3 is 2.90 bits per heavy atom. The molecule has 2 nitrogen and oxygen atoms in total. The van der Waals surface area contributed by atoms with Crippen LogP contribution in [-0.2, 0) is 12.8 Å².